The molecule has 3 rings (SSSR count). The summed E-state index contributed by atoms with van der Waals surface area (Å²) in [5.41, 5.74) is 3.81. The van der Waals surface area contributed by atoms with Gasteiger partial charge in [-0.3, -0.25) is 19.5 Å². The number of H-pyrrole nitrogens is 1. The van der Waals surface area contributed by atoms with E-state index in [-0.39, 0.29) is 11.8 Å². The standard InChI is InChI=1S/C22H31N5O2/c1-3-16-7-5-8-18-17(15-26-21(16)18)11-12-24-22(23-4-2)25-13-14-27-19(28)9-6-10-20(27)29/h5,7-8,15,26H,3-4,6,9-14H2,1-2H3,(H2,23,24,25). The Bertz CT molecular complexity index is 870. The first-order valence-electron chi connectivity index (χ1n) is 10.6. The molecule has 1 aliphatic rings. The first-order valence-corrected chi connectivity index (χ1v) is 10.6. The number of likely N-dealkylation sites (tertiary alicyclic amines) is 1. The van der Waals surface area contributed by atoms with Crippen molar-refractivity contribution in [1.29, 1.82) is 0 Å². The molecule has 7 nitrogen and oxygen atoms in total. The Balaban J connectivity index is 1.55. The van der Waals surface area contributed by atoms with Crippen LogP contribution in [0.2, 0.25) is 0 Å². The molecule has 0 saturated carbocycles. The molecule has 7 heteroatoms. The third-order valence-corrected chi connectivity index (χ3v) is 5.27. The van der Waals surface area contributed by atoms with E-state index < -0.39 is 0 Å². The molecule has 0 bridgehead atoms. The molecule has 0 aliphatic carbocycles. The van der Waals surface area contributed by atoms with E-state index in [0.717, 1.165) is 19.4 Å². The second-order valence-electron chi connectivity index (χ2n) is 7.24. The van der Waals surface area contributed by atoms with Gasteiger partial charge in [0.15, 0.2) is 5.96 Å². The number of para-hydroxylation sites is 1. The van der Waals surface area contributed by atoms with E-state index in [1.165, 1.54) is 26.9 Å². The highest BCUT2D eigenvalue weighted by molar-refractivity contribution is 5.97. The molecular weight excluding hydrogens is 366 g/mol. The number of piperidine rings is 1. The summed E-state index contributed by atoms with van der Waals surface area (Å²) in [5, 5.41) is 7.71. The number of rotatable bonds is 8. The molecule has 29 heavy (non-hydrogen) atoms. The molecule has 2 heterocycles. The van der Waals surface area contributed by atoms with Gasteiger partial charge in [-0.25, -0.2) is 0 Å². The number of aromatic nitrogens is 1. The molecule has 0 unspecified atom stereocenters. The molecule has 1 saturated heterocycles. The van der Waals surface area contributed by atoms with Gasteiger partial charge in [0.1, 0.15) is 0 Å². The van der Waals surface area contributed by atoms with E-state index in [4.69, 9.17) is 0 Å². The molecule has 0 atom stereocenters. The average molecular weight is 398 g/mol. The molecule has 1 aromatic heterocycles. The first-order chi connectivity index (χ1) is 14.1. The highest BCUT2D eigenvalue weighted by Gasteiger charge is 2.25. The topological polar surface area (TPSA) is 89.6 Å². The number of aromatic amines is 1. The molecule has 0 spiro atoms. The number of guanidine groups is 1. The third-order valence-electron chi connectivity index (χ3n) is 5.27. The lowest BCUT2D eigenvalue weighted by atomic mass is 10.1. The van der Waals surface area contributed by atoms with Crippen LogP contribution in [0.25, 0.3) is 10.9 Å². The van der Waals surface area contributed by atoms with Crippen LogP contribution < -0.4 is 10.6 Å². The van der Waals surface area contributed by atoms with E-state index >= 15 is 0 Å². The Hall–Kier alpha value is -2.83. The fourth-order valence-electron chi connectivity index (χ4n) is 3.74. The van der Waals surface area contributed by atoms with Gasteiger partial charge in [0.2, 0.25) is 11.8 Å². The Morgan fingerprint density at radius 2 is 1.93 bits per heavy atom. The molecule has 2 aromatic rings. The van der Waals surface area contributed by atoms with Crippen LogP contribution in [0.4, 0.5) is 0 Å². The molecule has 1 aromatic carbocycles. The smallest absolute Gasteiger partial charge is 0.229 e. The maximum atomic E-state index is 11.9. The number of hydrogen-bond donors (Lipinski definition) is 3. The summed E-state index contributed by atoms with van der Waals surface area (Å²) in [6, 6.07) is 6.42. The number of carbonyl (C=O) groups is 2. The van der Waals surface area contributed by atoms with Crippen LogP contribution in [0.5, 0.6) is 0 Å². The van der Waals surface area contributed by atoms with Gasteiger partial charge in [0, 0.05) is 56.1 Å². The van der Waals surface area contributed by atoms with E-state index in [1.54, 1.807) is 0 Å². The van der Waals surface area contributed by atoms with Gasteiger partial charge >= 0.3 is 0 Å². The number of nitrogens with one attached hydrogen (secondary N) is 3. The average Bonchev–Trinajstić information content (AvgIpc) is 3.13. The van der Waals surface area contributed by atoms with Crippen molar-refractivity contribution in [3.05, 3.63) is 35.5 Å². The van der Waals surface area contributed by atoms with Crippen LogP contribution in [0.15, 0.2) is 29.4 Å². The summed E-state index contributed by atoms with van der Waals surface area (Å²) in [7, 11) is 0. The van der Waals surface area contributed by atoms with E-state index in [2.05, 4.69) is 51.9 Å². The van der Waals surface area contributed by atoms with Crippen molar-refractivity contribution in [3.63, 3.8) is 0 Å². The number of amides is 2. The lowest BCUT2D eigenvalue weighted by molar-refractivity contribution is -0.147. The fourth-order valence-corrected chi connectivity index (χ4v) is 3.74. The Morgan fingerprint density at radius 3 is 2.66 bits per heavy atom. The van der Waals surface area contributed by atoms with Crippen LogP contribution in [0.3, 0.4) is 0 Å². The number of hydrogen-bond acceptors (Lipinski definition) is 3. The van der Waals surface area contributed by atoms with Crippen molar-refractivity contribution in [2.75, 3.05) is 26.2 Å². The zero-order valence-electron chi connectivity index (χ0n) is 17.4. The summed E-state index contributed by atoms with van der Waals surface area (Å²) in [6.45, 7) is 6.46. The Labute approximate surface area is 172 Å². The number of benzene rings is 1. The molecule has 3 N–H and O–H groups in total. The number of aryl methyl sites for hydroxylation is 1. The van der Waals surface area contributed by atoms with E-state index in [1.807, 2.05) is 6.92 Å². The summed E-state index contributed by atoms with van der Waals surface area (Å²) in [4.78, 5) is 33.2. The molecular formula is C22H31N5O2. The normalized spacial score (nSPS) is 15.2. The van der Waals surface area contributed by atoms with Crippen molar-refractivity contribution in [1.82, 2.24) is 20.5 Å². The van der Waals surface area contributed by atoms with Crippen LogP contribution in [-0.2, 0) is 22.4 Å². The van der Waals surface area contributed by atoms with Crippen molar-refractivity contribution < 1.29 is 9.59 Å². The predicted molar refractivity (Wildman–Crippen MR) is 116 cm³/mol. The molecule has 0 radical (unpaired) electrons. The largest absolute Gasteiger partial charge is 0.361 e. The number of imide groups is 1. The second-order valence-corrected chi connectivity index (χ2v) is 7.24. The van der Waals surface area contributed by atoms with Gasteiger partial charge in [-0.1, -0.05) is 25.1 Å². The van der Waals surface area contributed by atoms with Crippen molar-refractivity contribution in [2.45, 2.75) is 46.0 Å². The van der Waals surface area contributed by atoms with Gasteiger partial charge in [-0.15, -0.1) is 0 Å². The Kier molecular flexibility index (Phi) is 7.27. The van der Waals surface area contributed by atoms with Gasteiger partial charge in [-0.2, -0.15) is 0 Å². The van der Waals surface area contributed by atoms with E-state index in [9.17, 15) is 9.59 Å². The molecule has 2 amide bonds. The zero-order chi connectivity index (χ0) is 20.6. The summed E-state index contributed by atoms with van der Waals surface area (Å²) >= 11 is 0. The minimum atomic E-state index is -0.0734. The van der Waals surface area contributed by atoms with Gasteiger partial charge in [-0.05, 0) is 37.3 Å². The van der Waals surface area contributed by atoms with Crippen molar-refractivity contribution in [3.8, 4) is 0 Å². The monoisotopic (exact) mass is 397 g/mol. The van der Waals surface area contributed by atoms with Gasteiger partial charge < -0.3 is 15.6 Å². The van der Waals surface area contributed by atoms with Gasteiger partial charge in [0.25, 0.3) is 0 Å². The summed E-state index contributed by atoms with van der Waals surface area (Å²) in [5.74, 6) is 0.560. The maximum absolute atomic E-state index is 11.9. The van der Waals surface area contributed by atoms with Crippen LogP contribution in [0.1, 0.15) is 44.2 Å². The minimum absolute atomic E-state index is 0.0734. The fraction of sp³-hybridized carbons (Fsp3) is 0.500. The Morgan fingerprint density at radius 1 is 1.14 bits per heavy atom. The maximum Gasteiger partial charge on any atom is 0.229 e. The van der Waals surface area contributed by atoms with Crippen LogP contribution in [0, 0.1) is 0 Å². The predicted octanol–water partition coefficient (Wildman–Crippen LogP) is 2.37. The highest BCUT2D eigenvalue weighted by atomic mass is 16.2. The molecule has 1 aliphatic heterocycles. The summed E-state index contributed by atoms with van der Waals surface area (Å²) < 4.78 is 0. The number of carbonyl (C=O) groups excluding carboxylic acids is 2. The van der Waals surface area contributed by atoms with Crippen LogP contribution >= 0.6 is 0 Å². The lowest BCUT2D eigenvalue weighted by Gasteiger charge is -2.25. The zero-order valence-corrected chi connectivity index (χ0v) is 17.4. The van der Waals surface area contributed by atoms with Gasteiger partial charge in [0.05, 0.1) is 0 Å². The van der Waals surface area contributed by atoms with E-state index in [0.29, 0.717) is 44.9 Å². The summed E-state index contributed by atoms with van der Waals surface area (Å²) in [6.07, 6.45) is 5.51. The number of nitrogens with zero attached hydrogens (tertiary/aromatic N) is 2. The third kappa shape index (κ3) is 5.16. The van der Waals surface area contributed by atoms with Crippen molar-refractivity contribution in [2.24, 2.45) is 4.99 Å². The lowest BCUT2D eigenvalue weighted by Crippen LogP contribution is -2.46. The molecule has 1 fully saturated rings. The number of fused-ring (bicyclic) bond motifs is 1. The highest BCUT2D eigenvalue weighted by Crippen LogP contribution is 2.22. The number of aliphatic imine (C=N–C) groups is 1. The first kappa shape index (κ1) is 20.9. The van der Waals surface area contributed by atoms with Crippen LogP contribution in [-0.4, -0.2) is 53.8 Å². The molecule has 156 valence electrons. The van der Waals surface area contributed by atoms with Crippen molar-refractivity contribution >= 4 is 28.7 Å². The quantitative estimate of drug-likeness (QED) is 0.362. The second kappa shape index (κ2) is 10.1. The SMILES string of the molecule is CCNC(=NCCc1c[nH]c2c(CC)cccc12)NCCN1C(=O)CCCC1=O. The minimum Gasteiger partial charge on any atom is -0.361 e.